The summed E-state index contributed by atoms with van der Waals surface area (Å²) in [5, 5.41) is 0. The highest BCUT2D eigenvalue weighted by Gasteiger charge is 2.52. The zero-order chi connectivity index (χ0) is 17.6. The second kappa shape index (κ2) is 6.34. The molecule has 2 saturated carbocycles. The minimum Gasteiger partial charge on any atom is -0.496 e. The van der Waals surface area contributed by atoms with Gasteiger partial charge in [0.1, 0.15) is 11.9 Å². The van der Waals surface area contributed by atoms with Crippen molar-refractivity contribution in [3.63, 3.8) is 0 Å². The summed E-state index contributed by atoms with van der Waals surface area (Å²) in [6.45, 7) is 4.06. The van der Waals surface area contributed by atoms with Crippen molar-refractivity contribution >= 4 is 5.97 Å². The Morgan fingerprint density at radius 2 is 2.04 bits per heavy atom. The third-order valence-electron chi connectivity index (χ3n) is 7.47. The van der Waals surface area contributed by atoms with Crippen molar-refractivity contribution in [3.8, 4) is 5.75 Å². The van der Waals surface area contributed by atoms with Crippen LogP contribution in [0.15, 0.2) is 18.2 Å². The zero-order valence-corrected chi connectivity index (χ0v) is 15.7. The molecule has 0 saturated heterocycles. The first-order valence-electron chi connectivity index (χ1n) is 9.86. The molecule has 4 rings (SSSR count). The largest absolute Gasteiger partial charge is 0.496 e. The van der Waals surface area contributed by atoms with Crippen molar-refractivity contribution < 1.29 is 14.3 Å². The van der Waals surface area contributed by atoms with Gasteiger partial charge in [0.25, 0.3) is 0 Å². The quantitative estimate of drug-likeness (QED) is 0.719. The van der Waals surface area contributed by atoms with Crippen LogP contribution in [-0.4, -0.2) is 19.2 Å². The lowest BCUT2D eigenvalue weighted by molar-refractivity contribution is -0.153. The van der Waals surface area contributed by atoms with Crippen LogP contribution in [0.1, 0.15) is 69.4 Å². The number of hydrogen-bond acceptors (Lipinski definition) is 3. The summed E-state index contributed by atoms with van der Waals surface area (Å²) in [7, 11) is 1.79. The summed E-state index contributed by atoms with van der Waals surface area (Å²) in [6.07, 6.45) is 8.34. The van der Waals surface area contributed by atoms with Gasteiger partial charge in [0.15, 0.2) is 0 Å². The van der Waals surface area contributed by atoms with Crippen LogP contribution in [-0.2, 0) is 16.0 Å². The first-order chi connectivity index (χ1) is 12.0. The van der Waals surface area contributed by atoms with E-state index in [2.05, 4.69) is 25.1 Å². The first kappa shape index (κ1) is 16.9. The summed E-state index contributed by atoms with van der Waals surface area (Å²) in [4.78, 5) is 11.3. The molecule has 0 bridgehead atoms. The molecule has 0 amide bonds. The van der Waals surface area contributed by atoms with Gasteiger partial charge in [-0.1, -0.05) is 19.1 Å². The maximum atomic E-state index is 11.3. The van der Waals surface area contributed by atoms with Gasteiger partial charge in [0.2, 0.25) is 0 Å². The van der Waals surface area contributed by atoms with Crippen molar-refractivity contribution in [2.45, 2.75) is 70.8 Å². The van der Waals surface area contributed by atoms with E-state index in [1.165, 1.54) is 43.7 Å². The number of hydrogen-bond donors (Lipinski definition) is 0. The fraction of sp³-hybridized carbons (Fsp3) is 0.682. The Morgan fingerprint density at radius 3 is 2.80 bits per heavy atom. The number of carbonyl (C=O) groups excluding carboxylic acids is 1. The highest BCUT2D eigenvalue weighted by Crippen LogP contribution is 2.61. The maximum Gasteiger partial charge on any atom is 0.302 e. The van der Waals surface area contributed by atoms with Gasteiger partial charge in [0.05, 0.1) is 7.11 Å². The summed E-state index contributed by atoms with van der Waals surface area (Å²) >= 11 is 0. The number of rotatable bonds is 2. The number of fused-ring (bicyclic) bond motifs is 5. The molecule has 2 fully saturated rings. The van der Waals surface area contributed by atoms with Crippen molar-refractivity contribution in [2.24, 2.45) is 17.3 Å². The SMILES string of the molecule is COc1cccc2c1CC[C@@H]1[C@@H]2CC[C@@H]2C[C@H](OC(C)=O)CC[C@@]21C. The van der Waals surface area contributed by atoms with Crippen LogP contribution in [0.4, 0.5) is 0 Å². The molecule has 0 aliphatic heterocycles. The van der Waals surface area contributed by atoms with Crippen molar-refractivity contribution in [1.82, 2.24) is 0 Å². The number of benzene rings is 1. The van der Waals surface area contributed by atoms with Crippen molar-refractivity contribution in [2.75, 3.05) is 7.11 Å². The molecule has 5 atom stereocenters. The molecule has 1 aromatic carbocycles. The molecule has 3 heteroatoms. The van der Waals surface area contributed by atoms with E-state index in [1.807, 2.05) is 0 Å². The molecular weight excluding hydrogens is 312 g/mol. The topological polar surface area (TPSA) is 35.5 Å². The predicted molar refractivity (Wildman–Crippen MR) is 97.8 cm³/mol. The van der Waals surface area contributed by atoms with Gasteiger partial charge < -0.3 is 9.47 Å². The van der Waals surface area contributed by atoms with Crippen LogP contribution in [0.2, 0.25) is 0 Å². The van der Waals surface area contributed by atoms with Gasteiger partial charge >= 0.3 is 5.97 Å². The van der Waals surface area contributed by atoms with Gasteiger partial charge in [-0.3, -0.25) is 4.79 Å². The Labute approximate surface area is 151 Å². The first-order valence-corrected chi connectivity index (χ1v) is 9.86. The van der Waals surface area contributed by atoms with Crippen LogP contribution < -0.4 is 4.74 Å². The molecule has 0 radical (unpaired) electrons. The average molecular weight is 342 g/mol. The molecule has 0 N–H and O–H groups in total. The Hall–Kier alpha value is -1.51. The van der Waals surface area contributed by atoms with Crippen LogP contribution in [0.3, 0.4) is 0 Å². The second-order valence-corrected chi connectivity index (χ2v) is 8.57. The van der Waals surface area contributed by atoms with E-state index >= 15 is 0 Å². The van der Waals surface area contributed by atoms with E-state index in [0.717, 1.165) is 30.9 Å². The monoisotopic (exact) mass is 342 g/mol. The summed E-state index contributed by atoms with van der Waals surface area (Å²) in [5.74, 6) is 3.07. The standard InChI is InChI=1S/C22H30O3/c1-14(23)25-16-11-12-22(2)15(13-16)7-8-18-17-5-4-6-21(24-3)19(17)9-10-20(18)22/h4-6,15-16,18,20H,7-13H2,1-3H3/t15-,16-,18-,20-,22+/m1/s1. The Morgan fingerprint density at radius 1 is 1.20 bits per heavy atom. The van der Waals surface area contributed by atoms with Gasteiger partial charge in [-0.2, -0.15) is 0 Å². The van der Waals surface area contributed by atoms with E-state index in [4.69, 9.17) is 9.47 Å². The lowest BCUT2D eigenvalue weighted by Crippen LogP contribution is -2.49. The molecular formula is C22H30O3. The highest BCUT2D eigenvalue weighted by molar-refractivity contribution is 5.66. The van der Waals surface area contributed by atoms with Crippen LogP contribution in [0, 0.1) is 17.3 Å². The fourth-order valence-electron chi connectivity index (χ4n) is 6.29. The zero-order valence-electron chi connectivity index (χ0n) is 15.7. The molecule has 25 heavy (non-hydrogen) atoms. The summed E-state index contributed by atoms with van der Waals surface area (Å²) < 4.78 is 11.2. The van der Waals surface area contributed by atoms with Gasteiger partial charge in [-0.05, 0) is 85.3 Å². The normalized spacial score (nSPS) is 36.6. The summed E-state index contributed by atoms with van der Waals surface area (Å²) in [6, 6.07) is 6.60. The van der Waals surface area contributed by atoms with Crippen LogP contribution >= 0.6 is 0 Å². The number of esters is 1. The molecule has 3 aliphatic rings. The lowest BCUT2D eigenvalue weighted by atomic mass is 9.49. The molecule has 3 aliphatic carbocycles. The number of ether oxygens (including phenoxy) is 2. The Kier molecular flexibility index (Phi) is 4.29. The van der Waals surface area contributed by atoms with Crippen molar-refractivity contribution in [1.29, 1.82) is 0 Å². The molecule has 0 spiro atoms. The third kappa shape index (κ3) is 2.76. The van der Waals surface area contributed by atoms with E-state index in [1.54, 1.807) is 7.11 Å². The Bertz CT molecular complexity index is 667. The molecule has 136 valence electrons. The molecule has 0 heterocycles. The second-order valence-electron chi connectivity index (χ2n) is 8.57. The van der Waals surface area contributed by atoms with E-state index in [9.17, 15) is 4.79 Å². The van der Waals surface area contributed by atoms with Gasteiger partial charge in [-0.25, -0.2) is 0 Å². The Balaban J connectivity index is 1.60. The third-order valence-corrected chi connectivity index (χ3v) is 7.47. The van der Waals surface area contributed by atoms with E-state index in [0.29, 0.717) is 17.3 Å². The van der Waals surface area contributed by atoms with Gasteiger partial charge in [0, 0.05) is 6.92 Å². The minimum absolute atomic E-state index is 0.124. The molecule has 1 aromatic rings. The number of methoxy groups -OCH3 is 1. The smallest absolute Gasteiger partial charge is 0.302 e. The van der Waals surface area contributed by atoms with E-state index in [-0.39, 0.29) is 12.1 Å². The fourth-order valence-corrected chi connectivity index (χ4v) is 6.29. The van der Waals surface area contributed by atoms with Gasteiger partial charge in [-0.15, -0.1) is 0 Å². The van der Waals surface area contributed by atoms with Crippen LogP contribution in [0.25, 0.3) is 0 Å². The lowest BCUT2D eigenvalue weighted by Gasteiger charge is -2.56. The van der Waals surface area contributed by atoms with E-state index < -0.39 is 0 Å². The molecule has 0 aromatic heterocycles. The number of carbonyl (C=O) groups is 1. The van der Waals surface area contributed by atoms with Crippen LogP contribution in [0.5, 0.6) is 5.75 Å². The predicted octanol–water partition coefficient (Wildman–Crippen LogP) is 4.87. The van der Waals surface area contributed by atoms with Crippen molar-refractivity contribution in [3.05, 3.63) is 29.3 Å². The minimum atomic E-state index is -0.124. The maximum absolute atomic E-state index is 11.3. The highest BCUT2D eigenvalue weighted by atomic mass is 16.5. The molecule has 3 nitrogen and oxygen atoms in total. The average Bonchev–Trinajstić information content (AvgIpc) is 2.60. The summed E-state index contributed by atoms with van der Waals surface area (Å²) in [5.41, 5.74) is 3.37. The molecule has 0 unspecified atom stereocenters.